The first-order chi connectivity index (χ1) is 10.2. The van der Waals surface area contributed by atoms with E-state index >= 15 is 0 Å². The van der Waals surface area contributed by atoms with Crippen LogP contribution in [0, 0.1) is 0 Å². The van der Waals surface area contributed by atoms with Crippen LogP contribution in [0.2, 0.25) is 0 Å². The van der Waals surface area contributed by atoms with Crippen molar-refractivity contribution in [2.24, 2.45) is 0 Å². The van der Waals surface area contributed by atoms with Gasteiger partial charge in [0.15, 0.2) is 10.6 Å². The molecule has 0 fully saturated rings. The number of halogens is 1. The summed E-state index contributed by atoms with van der Waals surface area (Å²) in [4.78, 5) is 0.530. The fourth-order valence-electron chi connectivity index (χ4n) is 2.96. The van der Waals surface area contributed by atoms with Gasteiger partial charge in [-0.15, -0.1) is 17.0 Å². The van der Waals surface area contributed by atoms with Gasteiger partial charge < -0.3 is 15.0 Å². The van der Waals surface area contributed by atoms with E-state index in [1.54, 1.807) is 12.3 Å². The van der Waals surface area contributed by atoms with Gasteiger partial charge in [-0.05, 0) is 46.9 Å². The first-order valence-corrected chi connectivity index (χ1v) is 8.67. The van der Waals surface area contributed by atoms with E-state index in [4.69, 9.17) is 0 Å². The number of nitrogens with one attached hydrogen (secondary N) is 1. The molecule has 22 heavy (non-hydrogen) atoms. The smallest absolute Gasteiger partial charge is 0.194 e. The van der Waals surface area contributed by atoms with Crippen LogP contribution in [0.15, 0.2) is 47.4 Å². The summed E-state index contributed by atoms with van der Waals surface area (Å²) in [5.74, 6) is 0.353. The van der Waals surface area contributed by atoms with Gasteiger partial charge in [-0.2, -0.15) is 0 Å². The molecule has 3 nitrogen and oxygen atoms in total. The fraction of sp³-hybridized carbons (Fsp3) is 0.294. The summed E-state index contributed by atoms with van der Waals surface area (Å²) in [7, 11) is 0. The molecule has 2 aromatic rings. The van der Waals surface area contributed by atoms with Gasteiger partial charge in [0, 0.05) is 18.5 Å². The standard InChI is InChI=1S/C17H19NO2S.BrH/c1-21(20)17-9-13-7-8-18-11-15(14(13)10-16(17)19)12-5-3-2-4-6-12;/h2-6,9-10,15,18-19H,7-8,11H2,1H3;1H. The lowest BCUT2D eigenvalue weighted by Crippen LogP contribution is -2.20. The monoisotopic (exact) mass is 381 g/mol. The number of aromatic hydroxyl groups is 1. The first-order valence-electron chi connectivity index (χ1n) is 7.11. The van der Waals surface area contributed by atoms with E-state index < -0.39 is 11.2 Å². The maximum atomic E-state index is 11.7. The van der Waals surface area contributed by atoms with Crippen molar-refractivity contribution in [1.82, 2.24) is 5.32 Å². The van der Waals surface area contributed by atoms with E-state index in [1.165, 1.54) is 11.1 Å². The maximum absolute atomic E-state index is 11.7. The molecule has 1 aliphatic rings. The number of fused-ring (bicyclic) bond motifs is 1. The zero-order chi connectivity index (χ0) is 14.8. The Bertz CT molecular complexity index is 634. The highest BCUT2D eigenvalue weighted by Gasteiger charge is 2.24. The van der Waals surface area contributed by atoms with E-state index in [0.717, 1.165) is 25.1 Å². The topological polar surface area (TPSA) is 55.3 Å². The SMILES string of the molecule is Br.C[S+]([O-])c1cc2c(cc1O)C(c1ccccc1)CNCC2. The van der Waals surface area contributed by atoms with Crippen LogP contribution >= 0.6 is 17.0 Å². The van der Waals surface area contributed by atoms with Crippen LogP contribution < -0.4 is 5.32 Å². The second-order valence-corrected chi connectivity index (χ2v) is 6.74. The number of hydrogen-bond donors (Lipinski definition) is 2. The van der Waals surface area contributed by atoms with Gasteiger partial charge in [-0.3, -0.25) is 0 Å². The largest absolute Gasteiger partial charge is 0.612 e. The molecule has 0 aromatic heterocycles. The van der Waals surface area contributed by atoms with E-state index in [1.807, 2.05) is 24.3 Å². The Labute approximate surface area is 144 Å². The molecule has 2 atom stereocenters. The minimum atomic E-state index is -1.17. The summed E-state index contributed by atoms with van der Waals surface area (Å²) in [5.41, 5.74) is 3.55. The molecule has 0 aliphatic carbocycles. The van der Waals surface area contributed by atoms with E-state index in [9.17, 15) is 9.66 Å². The molecule has 0 saturated carbocycles. The lowest BCUT2D eigenvalue weighted by molar-refractivity contribution is 0.457. The van der Waals surface area contributed by atoms with Crippen molar-refractivity contribution in [1.29, 1.82) is 0 Å². The zero-order valence-corrected chi connectivity index (χ0v) is 14.9. The van der Waals surface area contributed by atoms with E-state index in [0.29, 0.717) is 4.90 Å². The van der Waals surface area contributed by atoms with Gasteiger partial charge >= 0.3 is 0 Å². The van der Waals surface area contributed by atoms with Crippen LogP contribution in [0.5, 0.6) is 5.75 Å². The average Bonchev–Trinajstić information content (AvgIpc) is 2.69. The van der Waals surface area contributed by atoms with Gasteiger partial charge in [0.05, 0.1) is 0 Å². The minimum absolute atomic E-state index is 0. The predicted molar refractivity (Wildman–Crippen MR) is 95.6 cm³/mol. The summed E-state index contributed by atoms with van der Waals surface area (Å²) < 4.78 is 11.7. The summed E-state index contributed by atoms with van der Waals surface area (Å²) in [6.07, 6.45) is 2.49. The number of phenols is 1. The molecular formula is C17H20BrNO2S. The normalized spacial score (nSPS) is 18.7. The molecule has 2 aromatic carbocycles. The molecular weight excluding hydrogens is 362 g/mol. The van der Waals surface area contributed by atoms with Gasteiger partial charge in [-0.1, -0.05) is 30.3 Å². The lowest BCUT2D eigenvalue weighted by atomic mass is 9.88. The molecule has 5 heteroatoms. The third-order valence-corrected chi connectivity index (χ3v) is 4.97. The van der Waals surface area contributed by atoms with Gasteiger partial charge in [0.25, 0.3) is 0 Å². The molecule has 1 heterocycles. The van der Waals surface area contributed by atoms with Crippen LogP contribution in [-0.2, 0) is 17.6 Å². The molecule has 0 saturated heterocycles. The Kier molecular flexibility index (Phi) is 5.92. The summed E-state index contributed by atoms with van der Waals surface area (Å²) in [6, 6.07) is 14.0. The van der Waals surface area contributed by atoms with Crippen molar-refractivity contribution in [3.8, 4) is 5.75 Å². The average molecular weight is 382 g/mol. The Morgan fingerprint density at radius 2 is 1.95 bits per heavy atom. The van der Waals surface area contributed by atoms with Gasteiger partial charge in [0.2, 0.25) is 0 Å². The van der Waals surface area contributed by atoms with Crippen molar-refractivity contribution >= 4 is 28.2 Å². The Morgan fingerprint density at radius 3 is 2.64 bits per heavy atom. The third kappa shape index (κ3) is 3.49. The fourth-order valence-corrected chi connectivity index (χ4v) is 3.62. The predicted octanol–water partition coefficient (Wildman–Crippen LogP) is 2.99. The second kappa shape index (κ2) is 7.51. The Hall–Kier alpha value is -1.01. The molecule has 3 rings (SSSR count). The van der Waals surface area contributed by atoms with Crippen LogP contribution in [-0.4, -0.2) is 29.0 Å². The maximum Gasteiger partial charge on any atom is 0.194 e. The molecule has 0 radical (unpaired) electrons. The summed E-state index contributed by atoms with van der Waals surface area (Å²) >= 11 is -1.17. The van der Waals surface area contributed by atoms with E-state index in [-0.39, 0.29) is 28.6 Å². The Balaban J connectivity index is 0.00000176. The third-order valence-electron chi connectivity index (χ3n) is 4.03. The van der Waals surface area contributed by atoms with Crippen LogP contribution in [0.4, 0.5) is 0 Å². The van der Waals surface area contributed by atoms with Crippen molar-refractivity contribution in [3.05, 3.63) is 59.2 Å². The second-order valence-electron chi connectivity index (χ2n) is 5.39. The van der Waals surface area contributed by atoms with Crippen LogP contribution in [0.3, 0.4) is 0 Å². The molecule has 0 bridgehead atoms. The van der Waals surface area contributed by atoms with Crippen molar-refractivity contribution in [2.45, 2.75) is 17.2 Å². The van der Waals surface area contributed by atoms with Crippen molar-refractivity contribution < 1.29 is 9.66 Å². The Morgan fingerprint density at radius 1 is 1.23 bits per heavy atom. The first kappa shape index (κ1) is 17.3. The van der Waals surface area contributed by atoms with E-state index in [2.05, 4.69) is 17.4 Å². The summed E-state index contributed by atoms with van der Waals surface area (Å²) in [6.45, 7) is 1.75. The highest BCUT2D eigenvalue weighted by atomic mass is 79.9. The van der Waals surface area contributed by atoms with Crippen LogP contribution in [0.1, 0.15) is 22.6 Å². The molecule has 0 spiro atoms. The highest BCUT2D eigenvalue weighted by molar-refractivity contribution is 8.93. The molecule has 1 aliphatic heterocycles. The minimum Gasteiger partial charge on any atom is -0.612 e. The number of rotatable bonds is 2. The number of phenolic OH excluding ortho intramolecular Hbond substituents is 1. The number of hydrogen-bond acceptors (Lipinski definition) is 3. The molecule has 118 valence electrons. The molecule has 0 amide bonds. The number of benzene rings is 2. The molecule has 2 N–H and O–H groups in total. The lowest BCUT2D eigenvalue weighted by Gasteiger charge is -2.19. The van der Waals surface area contributed by atoms with Crippen molar-refractivity contribution in [2.75, 3.05) is 19.3 Å². The van der Waals surface area contributed by atoms with Gasteiger partial charge in [-0.25, -0.2) is 0 Å². The van der Waals surface area contributed by atoms with Gasteiger partial charge in [0.1, 0.15) is 6.26 Å². The quantitative estimate of drug-likeness (QED) is 0.786. The zero-order valence-electron chi connectivity index (χ0n) is 12.4. The summed E-state index contributed by atoms with van der Waals surface area (Å²) in [5, 5.41) is 13.6. The molecule has 2 unspecified atom stereocenters. The van der Waals surface area contributed by atoms with Crippen LogP contribution in [0.25, 0.3) is 0 Å². The highest BCUT2D eigenvalue weighted by Crippen LogP contribution is 2.35. The van der Waals surface area contributed by atoms with Crippen molar-refractivity contribution in [3.63, 3.8) is 0 Å².